The van der Waals surface area contributed by atoms with E-state index < -0.39 is 11.5 Å². The predicted molar refractivity (Wildman–Crippen MR) is 124 cm³/mol. The van der Waals surface area contributed by atoms with Crippen LogP contribution in [0.5, 0.6) is 0 Å². The standard InChI is InChI=1S/C25H41BrO3/c1-16(20-10-11-21-19(14-26)9-8-12-25(20,21)7)13-22(27)18(3)17(2)15-29-23(28)24(4,5)6/h14,16,18,20-22,27H,2,8-13,15H2,1,3-7H3/b19-14+/t16-,18-,20-,21+,22-,25-/m1/s1. The molecule has 0 amide bonds. The average molecular weight is 470 g/mol. The van der Waals surface area contributed by atoms with Gasteiger partial charge in [-0.05, 0) is 93.0 Å². The van der Waals surface area contributed by atoms with Crippen molar-refractivity contribution in [3.8, 4) is 0 Å². The fourth-order valence-corrected chi connectivity index (χ4v) is 6.22. The molecule has 0 aromatic carbocycles. The number of ether oxygens (including phenoxy) is 1. The zero-order chi connectivity index (χ0) is 22.0. The van der Waals surface area contributed by atoms with Crippen LogP contribution < -0.4 is 0 Å². The largest absolute Gasteiger partial charge is 0.461 e. The molecule has 2 aliphatic rings. The van der Waals surface area contributed by atoms with Crippen LogP contribution in [0, 0.1) is 34.5 Å². The van der Waals surface area contributed by atoms with E-state index in [-0.39, 0.29) is 18.5 Å². The van der Waals surface area contributed by atoms with Crippen LogP contribution in [0.25, 0.3) is 0 Å². The van der Waals surface area contributed by atoms with Gasteiger partial charge in [0.15, 0.2) is 0 Å². The van der Waals surface area contributed by atoms with E-state index in [4.69, 9.17) is 4.74 Å². The molecule has 166 valence electrons. The second-order valence-electron chi connectivity index (χ2n) is 10.8. The van der Waals surface area contributed by atoms with E-state index in [1.807, 2.05) is 27.7 Å². The second-order valence-corrected chi connectivity index (χ2v) is 11.3. The lowest BCUT2D eigenvalue weighted by Gasteiger charge is -2.44. The molecule has 2 saturated carbocycles. The zero-order valence-electron chi connectivity index (χ0n) is 19.3. The summed E-state index contributed by atoms with van der Waals surface area (Å²) in [5, 5.41) is 10.9. The van der Waals surface area contributed by atoms with Gasteiger partial charge in [0.25, 0.3) is 0 Å². The minimum absolute atomic E-state index is 0.0837. The number of hydrogen-bond donors (Lipinski definition) is 1. The lowest BCUT2D eigenvalue weighted by Crippen LogP contribution is -2.37. The van der Waals surface area contributed by atoms with Gasteiger partial charge in [0.2, 0.25) is 0 Å². The fraction of sp³-hybridized carbons (Fsp3) is 0.800. The van der Waals surface area contributed by atoms with Crippen LogP contribution in [0.1, 0.15) is 80.1 Å². The number of rotatable bonds is 7. The van der Waals surface area contributed by atoms with E-state index in [2.05, 4.69) is 41.3 Å². The van der Waals surface area contributed by atoms with E-state index in [1.54, 1.807) is 5.57 Å². The molecule has 0 bridgehead atoms. The van der Waals surface area contributed by atoms with Crippen molar-refractivity contribution in [3.63, 3.8) is 0 Å². The number of fused-ring (bicyclic) bond motifs is 1. The van der Waals surface area contributed by atoms with Crippen molar-refractivity contribution in [1.82, 2.24) is 0 Å². The smallest absolute Gasteiger partial charge is 0.311 e. The number of carbonyl (C=O) groups excluding carboxylic acids is 1. The summed E-state index contributed by atoms with van der Waals surface area (Å²) in [5.41, 5.74) is 2.20. The molecule has 0 aliphatic heterocycles. The van der Waals surface area contributed by atoms with Crippen LogP contribution in [0.4, 0.5) is 0 Å². The molecule has 2 aliphatic carbocycles. The molecular formula is C25H41BrO3. The van der Waals surface area contributed by atoms with Gasteiger partial charge in [-0.15, -0.1) is 0 Å². The van der Waals surface area contributed by atoms with Crippen LogP contribution in [0.15, 0.2) is 22.7 Å². The van der Waals surface area contributed by atoms with Crippen molar-refractivity contribution in [2.24, 2.45) is 34.5 Å². The van der Waals surface area contributed by atoms with Gasteiger partial charge in [0, 0.05) is 5.92 Å². The van der Waals surface area contributed by atoms with Crippen LogP contribution in [0.3, 0.4) is 0 Å². The Hall–Kier alpha value is -0.610. The molecule has 29 heavy (non-hydrogen) atoms. The first-order valence-electron chi connectivity index (χ1n) is 11.2. The molecule has 0 radical (unpaired) electrons. The number of halogens is 1. The summed E-state index contributed by atoms with van der Waals surface area (Å²) in [4.78, 5) is 14.2. The third-order valence-corrected chi connectivity index (χ3v) is 8.29. The minimum Gasteiger partial charge on any atom is -0.461 e. The maximum absolute atomic E-state index is 12.0. The molecule has 6 atom stereocenters. The number of aliphatic hydroxyl groups excluding tert-OH is 1. The van der Waals surface area contributed by atoms with E-state index in [9.17, 15) is 9.90 Å². The van der Waals surface area contributed by atoms with Crippen molar-refractivity contribution in [3.05, 3.63) is 22.7 Å². The first-order valence-corrected chi connectivity index (χ1v) is 12.2. The highest BCUT2D eigenvalue weighted by Gasteiger charge is 2.50. The molecule has 3 nitrogen and oxygen atoms in total. The van der Waals surface area contributed by atoms with Gasteiger partial charge in [0.1, 0.15) is 6.61 Å². The molecule has 0 saturated heterocycles. The van der Waals surface area contributed by atoms with Gasteiger partial charge >= 0.3 is 5.97 Å². The normalized spacial score (nSPS) is 31.8. The Balaban J connectivity index is 1.93. The van der Waals surface area contributed by atoms with E-state index >= 15 is 0 Å². The van der Waals surface area contributed by atoms with Gasteiger partial charge in [-0.3, -0.25) is 4.79 Å². The molecule has 0 aromatic heterocycles. The maximum Gasteiger partial charge on any atom is 0.311 e. The van der Waals surface area contributed by atoms with Crippen molar-refractivity contribution in [1.29, 1.82) is 0 Å². The SMILES string of the molecule is C=C(COC(=O)C(C)(C)C)[C@@H](C)[C@H](O)C[C@@H](C)[C@H]1CC[C@H]2/C(=C/Br)CCC[C@]12C. The molecular weight excluding hydrogens is 428 g/mol. The fourth-order valence-electron chi connectivity index (χ4n) is 5.67. The topological polar surface area (TPSA) is 46.5 Å². The summed E-state index contributed by atoms with van der Waals surface area (Å²) >= 11 is 3.59. The van der Waals surface area contributed by atoms with E-state index in [1.165, 1.54) is 32.1 Å². The van der Waals surface area contributed by atoms with Crippen molar-refractivity contribution < 1.29 is 14.6 Å². The Morgan fingerprint density at radius 1 is 1.38 bits per heavy atom. The average Bonchev–Trinajstić information content (AvgIpc) is 3.01. The Bertz CT molecular complexity index is 632. The Morgan fingerprint density at radius 2 is 2.03 bits per heavy atom. The Labute approximate surface area is 186 Å². The number of allylic oxidation sites excluding steroid dienone is 1. The summed E-state index contributed by atoms with van der Waals surface area (Å²) in [7, 11) is 0. The predicted octanol–water partition coefficient (Wildman–Crippen LogP) is 6.65. The lowest BCUT2D eigenvalue weighted by molar-refractivity contribution is -0.152. The number of esters is 1. The van der Waals surface area contributed by atoms with Gasteiger partial charge in [-0.2, -0.15) is 0 Å². The Morgan fingerprint density at radius 3 is 2.62 bits per heavy atom. The molecule has 2 fully saturated rings. The van der Waals surface area contributed by atoms with E-state index in [0.717, 1.165) is 12.0 Å². The first kappa shape index (κ1) is 24.7. The highest BCUT2D eigenvalue weighted by Crippen LogP contribution is 2.60. The lowest BCUT2D eigenvalue weighted by atomic mass is 9.61. The van der Waals surface area contributed by atoms with Gasteiger partial charge in [-0.1, -0.05) is 48.9 Å². The zero-order valence-corrected chi connectivity index (χ0v) is 20.8. The monoisotopic (exact) mass is 468 g/mol. The number of carbonyl (C=O) groups is 1. The molecule has 0 unspecified atom stereocenters. The first-order chi connectivity index (χ1) is 13.4. The van der Waals surface area contributed by atoms with Crippen LogP contribution in [-0.4, -0.2) is 23.8 Å². The summed E-state index contributed by atoms with van der Waals surface area (Å²) in [6.45, 7) is 16.6. The van der Waals surface area contributed by atoms with Gasteiger partial charge in [-0.25, -0.2) is 0 Å². The minimum atomic E-state index is -0.520. The molecule has 0 heterocycles. The number of aliphatic hydroxyl groups is 1. The van der Waals surface area contributed by atoms with Crippen molar-refractivity contribution >= 4 is 21.9 Å². The summed E-state index contributed by atoms with van der Waals surface area (Å²) in [6.07, 6.45) is 6.61. The van der Waals surface area contributed by atoms with Gasteiger partial charge < -0.3 is 9.84 Å². The summed E-state index contributed by atoms with van der Waals surface area (Å²) in [5.74, 6) is 1.47. The van der Waals surface area contributed by atoms with E-state index in [0.29, 0.717) is 23.2 Å². The third-order valence-electron chi connectivity index (χ3n) is 7.70. The molecule has 1 N–H and O–H groups in total. The van der Waals surface area contributed by atoms with Crippen molar-refractivity contribution in [2.75, 3.05) is 6.61 Å². The van der Waals surface area contributed by atoms with Gasteiger partial charge in [0.05, 0.1) is 11.5 Å². The molecule has 0 aromatic rings. The maximum atomic E-state index is 12.0. The molecule has 0 spiro atoms. The highest BCUT2D eigenvalue weighted by atomic mass is 79.9. The molecule has 2 rings (SSSR count). The van der Waals surface area contributed by atoms with Crippen LogP contribution >= 0.6 is 15.9 Å². The van der Waals surface area contributed by atoms with Crippen LogP contribution in [-0.2, 0) is 9.53 Å². The summed E-state index contributed by atoms with van der Waals surface area (Å²) < 4.78 is 5.39. The highest BCUT2D eigenvalue weighted by molar-refractivity contribution is 9.11. The van der Waals surface area contributed by atoms with Crippen LogP contribution in [0.2, 0.25) is 0 Å². The third kappa shape index (κ3) is 5.55. The second kappa shape index (κ2) is 9.68. The summed E-state index contributed by atoms with van der Waals surface area (Å²) in [6, 6.07) is 0. The number of hydrogen-bond acceptors (Lipinski definition) is 3. The van der Waals surface area contributed by atoms with Crippen molar-refractivity contribution in [2.45, 2.75) is 86.2 Å². The quantitative estimate of drug-likeness (QED) is 0.335. The molecule has 4 heteroatoms. The Kier molecular flexibility index (Phi) is 8.23.